The van der Waals surface area contributed by atoms with E-state index < -0.39 is 18.4 Å². The third-order valence-electron chi connectivity index (χ3n) is 3.41. The predicted molar refractivity (Wildman–Crippen MR) is 89.0 cm³/mol. The number of rotatable bonds is 5. The van der Waals surface area contributed by atoms with Gasteiger partial charge in [0.05, 0.1) is 0 Å². The van der Waals surface area contributed by atoms with Crippen molar-refractivity contribution in [2.45, 2.75) is 6.55 Å². The Balaban J connectivity index is 1.72. The second-order valence-electron chi connectivity index (χ2n) is 5.30. The summed E-state index contributed by atoms with van der Waals surface area (Å²) in [5.74, 6) is -1.15. The van der Waals surface area contributed by atoms with Crippen LogP contribution < -0.4 is 10.6 Å². The van der Waals surface area contributed by atoms with E-state index in [9.17, 15) is 18.4 Å². The first-order chi connectivity index (χ1) is 12.4. The summed E-state index contributed by atoms with van der Waals surface area (Å²) in [6.45, 7) is -2.92. The lowest BCUT2D eigenvalue weighted by atomic mass is 10.2. The number of benzene rings is 1. The molecule has 0 saturated carbocycles. The molecule has 3 aromatic rings. The molecule has 0 unspecified atom stereocenters. The maximum absolute atomic E-state index is 12.8. The molecule has 10 heteroatoms. The van der Waals surface area contributed by atoms with E-state index >= 15 is 0 Å². The molecule has 0 fully saturated rings. The first-order valence-electron chi connectivity index (χ1n) is 7.48. The number of carbonyl (C=O) groups excluding carboxylic acids is 2. The molecule has 0 radical (unpaired) electrons. The molecule has 2 N–H and O–H groups in total. The van der Waals surface area contributed by atoms with Gasteiger partial charge in [0.25, 0.3) is 11.8 Å². The number of anilines is 2. The van der Waals surface area contributed by atoms with Crippen molar-refractivity contribution >= 4 is 23.2 Å². The van der Waals surface area contributed by atoms with E-state index in [0.29, 0.717) is 16.1 Å². The molecule has 2 heterocycles. The highest BCUT2D eigenvalue weighted by Crippen LogP contribution is 2.18. The van der Waals surface area contributed by atoms with Crippen molar-refractivity contribution in [3.63, 3.8) is 0 Å². The van der Waals surface area contributed by atoms with Gasteiger partial charge in [-0.3, -0.25) is 14.3 Å². The molecule has 0 bridgehead atoms. The van der Waals surface area contributed by atoms with Crippen LogP contribution in [0.4, 0.5) is 20.2 Å². The molecule has 0 atom stereocenters. The van der Waals surface area contributed by atoms with Gasteiger partial charge in [-0.25, -0.2) is 0 Å². The molecule has 0 aliphatic rings. The van der Waals surface area contributed by atoms with Crippen LogP contribution in [0.15, 0.2) is 48.8 Å². The fourth-order valence-corrected chi connectivity index (χ4v) is 2.25. The summed E-state index contributed by atoms with van der Waals surface area (Å²) in [5, 5.41) is 12.5. The summed E-state index contributed by atoms with van der Waals surface area (Å²) in [5.41, 5.74) is 0.711. The Hall–Kier alpha value is -3.56. The molecule has 26 heavy (non-hydrogen) atoms. The molecule has 2 aromatic heterocycles. The largest absolute Gasteiger partial charge is 0.333 e. The fourth-order valence-electron chi connectivity index (χ4n) is 2.25. The topological polar surface area (TPSA) is 93.8 Å². The Labute approximate surface area is 146 Å². The van der Waals surface area contributed by atoms with Gasteiger partial charge < -0.3 is 10.6 Å². The fraction of sp³-hybridized carbons (Fsp3) is 0.125. The third-order valence-corrected chi connectivity index (χ3v) is 3.41. The number of amides is 2. The zero-order valence-corrected chi connectivity index (χ0v) is 13.6. The number of aromatic nitrogens is 4. The van der Waals surface area contributed by atoms with Crippen molar-refractivity contribution in [3.05, 3.63) is 60.2 Å². The zero-order chi connectivity index (χ0) is 18.7. The Bertz CT molecular complexity index is 950. The maximum atomic E-state index is 12.8. The minimum absolute atomic E-state index is 0.239. The first-order valence-corrected chi connectivity index (χ1v) is 7.48. The highest BCUT2D eigenvalue weighted by atomic mass is 19.3. The standard InChI is InChI=1S/C16H14F2N6O2/c1-23-8-6-12(22-23)14(25)20-10-3-2-4-11(9-10)21-15(26)13-5-7-19-24(13)16(17)18/h2-9,16H,1H3,(H,20,25)(H,21,26). The van der Waals surface area contributed by atoms with E-state index in [1.165, 1.54) is 16.8 Å². The molecule has 2 amide bonds. The number of nitrogens with zero attached hydrogens (tertiary/aromatic N) is 4. The second-order valence-corrected chi connectivity index (χ2v) is 5.30. The lowest BCUT2D eigenvalue weighted by Crippen LogP contribution is -2.18. The van der Waals surface area contributed by atoms with Gasteiger partial charge in [0.2, 0.25) is 0 Å². The van der Waals surface area contributed by atoms with Crippen LogP contribution in [0, 0.1) is 0 Å². The van der Waals surface area contributed by atoms with E-state index in [1.807, 2.05) is 0 Å². The Kier molecular flexibility index (Phi) is 4.74. The second kappa shape index (κ2) is 7.13. The molecule has 0 aliphatic heterocycles. The molecule has 3 rings (SSSR count). The Morgan fingerprint density at radius 2 is 1.77 bits per heavy atom. The summed E-state index contributed by atoms with van der Waals surface area (Å²) in [6, 6.07) is 9.05. The summed E-state index contributed by atoms with van der Waals surface area (Å²) >= 11 is 0. The van der Waals surface area contributed by atoms with Crippen LogP contribution in [0.2, 0.25) is 0 Å². The molecule has 8 nitrogen and oxygen atoms in total. The lowest BCUT2D eigenvalue weighted by Gasteiger charge is -2.09. The third kappa shape index (κ3) is 3.74. The van der Waals surface area contributed by atoms with Crippen molar-refractivity contribution < 1.29 is 18.4 Å². The van der Waals surface area contributed by atoms with Gasteiger partial charge in [-0.15, -0.1) is 0 Å². The average Bonchev–Trinajstić information content (AvgIpc) is 3.24. The van der Waals surface area contributed by atoms with Gasteiger partial charge in [0.1, 0.15) is 5.69 Å². The summed E-state index contributed by atoms with van der Waals surface area (Å²) in [4.78, 5) is 24.3. The molecular formula is C16H14F2N6O2. The van der Waals surface area contributed by atoms with Crippen molar-refractivity contribution in [1.82, 2.24) is 19.6 Å². The lowest BCUT2D eigenvalue weighted by molar-refractivity contribution is 0.0520. The molecule has 134 valence electrons. The van der Waals surface area contributed by atoms with Crippen LogP contribution in [-0.2, 0) is 7.05 Å². The molecule has 0 aliphatic carbocycles. The Morgan fingerprint density at radius 3 is 2.38 bits per heavy atom. The quantitative estimate of drug-likeness (QED) is 0.731. The molecular weight excluding hydrogens is 346 g/mol. The monoisotopic (exact) mass is 360 g/mol. The minimum atomic E-state index is -2.92. The van der Waals surface area contributed by atoms with Crippen molar-refractivity contribution in [2.24, 2.45) is 7.05 Å². The van der Waals surface area contributed by atoms with Crippen molar-refractivity contribution in [3.8, 4) is 0 Å². The highest BCUT2D eigenvalue weighted by Gasteiger charge is 2.18. The highest BCUT2D eigenvalue weighted by molar-refractivity contribution is 6.05. The average molecular weight is 360 g/mol. The van der Waals surface area contributed by atoms with E-state index in [0.717, 1.165) is 6.20 Å². The SMILES string of the molecule is Cn1ccc(C(=O)Nc2cccc(NC(=O)c3ccnn3C(F)F)c2)n1. The number of nitrogens with one attached hydrogen (secondary N) is 2. The van der Waals surface area contributed by atoms with Gasteiger partial charge in [-0.2, -0.15) is 23.7 Å². The maximum Gasteiger partial charge on any atom is 0.333 e. The normalized spacial score (nSPS) is 10.8. The van der Waals surface area contributed by atoms with Crippen LogP contribution in [0.25, 0.3) is 0 Å². The number of halogens is 2. The first kappa shape index (κ1) is 17.3. The number of carbonyl (C=O) groups is 2. The van der Waals surface area contributed by atoms with Crippen molar-refractivity contribution in [2.75, 3.05) is 10.6 Å². The van der Waals surface area contributed by atoms with Crippen molar-refractivity contribution in [1.29, 1.82) is 0 Å². The van der Waals surface area contributed by atoms with Gasteiger partial charge in [-0.1, -0.05) is 6.07 Å². The van der Waals surface area contributed by atoms with Crippen LogP contribution in [-0.4, -0.2) is 31.4 Å². The summed E-state index contributed by atoms with van der Waals surface area (Å²) in [7, 11) is 1.69. The molecule has 0 spiro atoms. The predicted octanol–water partition coefficient (Wildman–Crippen LogP) is 2.52. The number of hydrogen-bond donors (Lipinski definition) is 2. The minimum Gasteiger partial charge on any atom is -0.321 e. The van der Waals surface area contributed by atoms with Gasteiger partial charge >= 0.3 is 6.55 Å². The molecule has 1 aromatic carbocycles. The van der Waals surface area contributed by atoms with Crippen LogP contribution >= 0.6 is 0 Å². The van der Waals surface area contributed by atoms with Gasteiger partial charge in [-0.05, 0) is 30.3 Å². The van der Waals surface area contributed by atoms with E-state index in [-0.39, 0.29) is 11.4 Å². The number of alkyl halides is 2. The zero-order valence-electron chi connectivity index (χ0n) is 13.6. The number of hydrogen-bond acceptors (Lipinski definition) is 4. The van der Waals surface area contributed by atoms with E-state index in [4.69, 9.17) is 0 Å². The Morgan fingerprint density at radius 1 is 1.08 bits per heavy atom. The number of aryl methyl sites for hydroxylation is 1. The van der Waals surface area contributed by atoms with Gasteiger partial charge in [0.15, 0.2) is 5.69 Å². The van der Waals surface area contributed by atoms with Crippen LogP contribution in [0.3, 0.4) is 0 Å². The van der Waals surface area contributed by atoms with Crippen LogP contribution in [0.5, 0.6) is 0 Å². The molecule has 0 saturated heterocycles. The van der Waals surface area contributed by atoms with E-state index in [2.05, 4.69) is 20.8 Å². The van der Waals surface area contributed by atoms with E-state index in [1.54, 1.807) is 37.5 Å². The summed E-state index contributed by atoms with van der Waals surface area (Å²) < 4.78 is 27.4. The summed E-state index contributed by atoms with van der Waals surface area (Å²) in [6.07, 6.45) is 2.75. The van der Waals surface area contributed by atoms with Crippen LogP contribution in [0.1, 0.15) is 27.5 Å². The van der Waals surface area contributed by atoms with Gasteiger partial charge in [0, 0.05) is 30.8 Å². The smallest absolute Gasteiger partial charge is 0.321 e.